The number of rotatable bonds is 1. The molecule has 0 spiro atoms. The molecule has 1 saturated heterocycles. The van der Waals surface area contributed by atoms with Crippen molar-refractivity contribution in [1.29, 1.82) is 5.26 Å². The normalized spacial score (nSPS) is 17.2. The summed E-state index contributed by atoms with van der Waals surface area (Å²) < 4.78 is 44.9. The van der Waals surface area contributed by atoms with E-state index in [0.717, 1.165) is 25.9 Å². The number of halogens is 3. The van der Waals surface area contributed by atoms with Gasteiger partial charge in [-0.3, -0.25) is 14.2 Å². The zero-order chi connectivity index (χ0) is 27.3. The van der Waals surface area contributed by atoms with E-state index in [-0.39, 0.29) is 53.8 Å². The fraction of sp³-hybridized carbons (Fsp3) is 0.440. The van der Waals surface area contributed by atoms with Crippen molar-refractivity contribution in [2.45, 2.75) is 51.0 Å². The molecule has 39 heavy (non-hydrogen) atoms. The second kappa shape index (κ2) is 9.49. The monoisotopic (exact) mass is 538 g/mol. The first-order chi connectivity index (χ1) is 18.7. The number of hydrogen-bond acceptors (Lipinski definition) is 7. The average Bonchev–Trinajstić information content (AvgIpc) is 3.62. The smallest absolute Gasteiger partial charge is 0.344 e. The third kappa shape index (κ3) is 4.42. The Kier molecular flexibility index (Phi) is 6.10. The van der Waals surface area contributed by atoms with Crippen molar-refractivity contribution in [2.75, 3.05) is 20.1 Å². The lowest BCUT2D eigenvalue weighted by molar-refractivity contribution is -0.141. The number of fused-ring (bicyclic) bond motifs is 6. The largest absolute Gasteiger partial charge is 0.435 e. The summed E-state index contributed by atoms with van der Waals surface area (Å²) in [6.07, 6.45) is 1.52. The van der Waals surface area contributed by atoms with Crippen LogP contribution in [0.4, 0.5) is 13.2 Å². The van der Waals surface area contributed by atoms with Crippen molar-refractivity contribution in [2.24, 2.45) is 0 Å². The van der Waals surface area contributed by atoms with Crippen LogP contribution in [-0.4, -0.2) is 65.5 Å². The fourth-order valence-corrected chi connectivity index (χ4v) is 5.34. The Hall–Kier alpha value is -4.25. The highest BCUT2D eigenvalue weighted by Gasteiger charge is 2.38. The standard InChI is InChI=1S/C25H25F3N10O/c1-36-13-18-21(19(9-29)38(34-18)14-4-6-30-7-5-14)17-11-32-24-22(33-17)15(10-31-24)16-12-37(8-2-3-20(36)39)35-23(16)25(26,27)28/h10-12,14,30H,2-8,13H2,1H3,(H,31,32). The molecule has 2 aliphatic heterocycles. The second-order valence-corrected chi connectivity index (χ2v) is 9.87. The topological polar surface area (TPSA) is 133 Å². The lowest BCUT2D eigenvalue weighted by Gasteiger charge is -2.23. The van der Waals surface area contributed by atoms with Crippen molar-refractivity contribution in [3.8, 4) is 28.5 Å². The van der Waals surface area contributed by atoms with Crippen LogP contribution in [0.2, 0.25) is 0 Å². The number of alkyl halides is 3. The first-order valence-corrected chi connectivity index (χ1v) is 12.7. The number of aromatic nitrogens is 7. The van der Waals surface area contributed by atoms with Gasteiger partial charge in [0.15, 0.2) is 11.3 Å². The molecule has 1 fully saturated rings. The van der Waals surface area contributed by atoms with Gasteiger partial charge in [-0.05, 0) is 32.4 Å². The Balaban J connectivity index is 1.59. The summed E-state index contributed by atoms with van der Waals surface area (Å²) in [4.78, 5) is 26.5. The van der Waals surface area contributed by atoms with Crippen molar-refractivity contribution >= 4 is 17.1 Å². The van der Waals surface area contributed by atoms with Crippen LogP contribution in [0, 0.1) is 11.3 Å². The highest BCUT2D eigenvalue weighted by atomic mass is 19.4. The summed E-state index contributed by atoms with van der Waals surface area (Å²) in [6.45, 7) is 1.85. The van der Waals surface area contributed by atoms with Crippen LogP contribution in [0.15, 0.2) is 18.6 Å². The molecule has 0 aromatic carbocycles. The molecule has 0 saturated carbocycles. The molecule has 0 unspecified atom stereocenters. The van der Waals surface area contributed by atoms with Gasteiger partial charge in [-0.15, -0.1) is 0 Å². The minimum absolute atomic E-state index is 0.0142. The average molecular weight is 539 g/mol. The van der Waals surface area contributed by atoms with E-state index in [2.05, 4.69) is 26.5 Å². The summed E-state index contributed by atoms with van der Waals surface area (Å²) >= 11 is 0. The molecular weight excluding hydrogens is 513 g/mol. The quantitative estimate of drug-likeness (QED) is 0.380. The van der Waals surface area contributed by atoms with E-state index in [4.69, 9.17) is 10.1 Å². The number of aryl methyl sites for hydroxylation is 1. The maximum absolute atomic E-state index is 14.0. The maximum Gasteiger partial charge on any atom is 0.435 e. The van der Waals surface area contributed by atoms with E-state index in [1.54, 1.807) is 11.7 Å². The second-order valence-electron chi connectivity index (χ2n) is 9.87. The van der Waals surface area contributed by atoms with Gasteiger partial charge >= 0.3 is 6.18 Å². The van der Waals surface area contributed by atoms with Gasteiger partial charge in [0, 0.05) is 43.5 Å². The van der Waals surface area contributed by atoms with Crippen LogP contribution in [0.5, 0.6) is 0 Å². The molecule has 6 rings (SSSR count). The predicted octanol–water partition coefficient (Wildman–Crippen LogP) is 3.25. The molecular formula is C25H25F3N10O. The van der Waals surface area contributed by atoms with Gasteiger partial charge in [0.25, 0.3) is 0 Å². The van der Waals surface area contributed by atoms with E-state index < -0.39 is 11.9 Å². The molecule has 0 atom stereocenters. The molecule has 2 N–H and O–H groups in total. The number of hydrogen-bond donors (Lipinski definition) is 2. The molecule has 11 nitrogen and oxygen atoms in total. The third-order valence-corrected chi connectivity index (χ3v) is 7.29. The van der Waals surface area contributed by atoms with Crippen LogP contribution in [0.25, 0.3) is 33.5 Å². The van der Waals surface area contributed by atoms with Gasteiger partial charge in [-0.2, -0.15) is 28.6 Å². The Morgan fingerprint density at radius 1 is 1.18 bits per heavy atom. The Morgan fingerprint density at radius 3 is 2.72 bits per heavy atom. The molecule has 202 valence electrons. The minimum Gasteiger partial charge on any atom is -0.344 e. The first-order valence-electron chi connectivity index (χ1n) is 12.7. The lowest BCUT2D eigenvalue weighted by Crippen LogP contribution is -2.30. The van der Waals surface area contributed by atoms with Crippen molar-refractivity contribution < 1.29 is 18.0 Å². The number of carbonyl (C=O) groups excluding carboxylic acids is 1. The summed E-state index contributed by atoms with van der Waals surface area (Å²) in [5.74, 6) is -0.192. The maximum atomic E-state index is 14.0. The molecule has 4 bridgehead atoms. The van der Waals surface area contributed by atoms with Crippen LogP contribution >= 0.6 is 0 Å². The Labute approximate surface area is 220 Å². The van der Waals surface area contributed by atoms with Crippen LogP contribution in [-0.2, 0) is 24.1 Å². The number of aromatic amines is 1. The van der Waals surface area contributed by atoms with E-state index in [1.807, 2.05) is 0 Å². The van der Waals surface area contributed by atoms with Crippen LogP contribution < -0.4 is 5.32 Å². The summed E-state index contributed by atoms with van der Waals surface area (Å²) in [5.41, 5.74) is 1.06. The summed E-state index contributed by atoms with van der Waals surface area (Å²) in [5, 5.41) is 22.2. The van der Waals surface area contributed by atoms with Gasteiger partial charge in [0.05, 0.1) is 35.7 Å². The van der Waals surface area contributed by atoms with Crippen molar-refractivity contribution in [3.63, 3.8) is 0 Å². The zero-order valence-corrected chi connectivity index (χ0v) is 21.1. The van der Waals surface area contributed by atoms with Gasteiger partial charge in [-0.1, -0.05) is 0 Å². The summed E-state index contributed by atoms with van der Waals surface area (Å²) in [7, 11) is 1.65. The Bertz CT molecular complexity index is 1600. The van der Waals surface area contributed by atoms with Gasteiger partial charge in [0.2, 0.25) is 5.91 Å². The zero-order valence-electron chi connectivity index (χ0n) is 21.1. The SMILES string of the molecule is CN1Cc2nn(C3CCNCC3)c(C#N)c2-c2cnc3[nH]cc(c3n2)-c2cn(nc2C(F)(F)F)CCCC1=O. The van der Waals surface area contributed by atoms with Crippen molar-refractivity contribution in [3.05, 3.63) is 35.7 Å². The van der Waals surface area contributed by atoms with E-state index in [1.165, 1.54) is 28.2 Å². The molecule has 2 aliphatic rings. The molecule has 1 amide bonds. The van der Waals surface area contributed by atoms with Gasteiger partial charge < -0.3 is 15.2 Å². The summed E-state index contributed by atoms with van der Waals surface area (Å²) in [6, 6.07) is 2.25. The van der Waals surface area contributed by atoms with Gasteiger partial charge in [0.1, 0.15) is 17.3 Å². The van der Waals surface area contributed by atoms with Crippen LogP contribution in [0.1, 0.15) is 48.8 Å². The molecule has 6 heterocycles. The first kappa shape index (κ1) is 25.1. The highest BCUT2D eigenvalue weighted by Crippen LogP contribution is 2.39. The number of nitriles is 1. The number of nitrogens with zero attached hydrogens (tertiary/aromatic N) is 8. The number of amides is 1. The predicted molar refractivity (Wildman–Crippen MR) is 133 cm³/mol. The molecule has 0 radical (unpaired) electrons. The van der Waals surface area contributed by atoms with Gasteiger partial charge in [-0.25, -0.2) is 9.97 Å². The Morgan fingerprint density at radius 2 is 1.97 bits per heavy atom. The molecule has 0 aliphatic carbocycles. The molecule has 14 heteroatoms. The van der Waals surface area contributed by atoms with E-state index in [0.29, 0.717) is 29.0 Å². The lowest BCUT2D eigenvalue weighted by atomic mass is 10.1. The number of nitrogens with one attached hydrogen (secondary N) is 2. The number of H-pyrrole nitrogens is 1. The van der Waals surface area contributed by atoms with E-state index >= 15 is 0 Å². The number of piperidine rings is 1. The number of carbonyl (C=O) groups is 1. The fourth-order valence-electron chi connectivity index (χ4n) is 5.34. The molecule has 4 aromatic heterocycles. The van der Waals surface area contributed by atoms with E-state index in [9.17, 15) is 23.2 Å². The highest BCUT2D eigenvalue weighted by molar-refractivity contribution is 5.92. The third-order valence-electron chi connectivity index (χ3n) is 7.29. The van der Waals surface area contributed by atoms with Crippen molar-refractivity contribution in [1.82, 2.24) is 44.7 Å². The minimum atomic E-state index is -4.70. The molecule has 4 aromatic rings. The van der Waals surface area contributed by atoms with Crippen LogP contribution in [0.3, 0.4) is 0 Å².